The number of H-pyrrole nitrogens is 1. The molecular formula is C30H33Cl2N5O5. The van der Waals surface area contributed by atoms with E-state index in [0.29, 0.717) is 46.2 Å². The standard InChI is InChI=1S/C30H33Cl2N5O5/c31-16-9-20(32)18-11-23(35-21(18)10-16)30(42)37-12-19-13-1-2-14(7-13)24(19)25(37)28(40)36-22(8-15-5-6-33-27(15)39)26(38)29(41)34-17-3-4-17/h1-2,9-11,13-15,17,19,22,24-26,35,38H,3-8,12H2,(H,33,39)(H,34,41)(H,36,40)/t13?,14?,15-,19?,22-,24?,25?,26?/m0/s1. The van der Waals surface area contributed by atoms with Crippen LogP contribution in [0.4, 0.5) is 0 Å². The van der Waals surface area contributed by atoms with E-state index in [2.05, 4.69) is 33.1 Å². The van der Waals surface area contributed by atoms with Gasteiger partial charge in [0.15, 0.2) is 6.10 Å². The molecule has 6 unspecified atom stereocenters. The van der Waals surface area contributed by atoms with Gasteiger partial charge in [-0.25, -0.2) is 0 Å². The van der Waals surface area contributed by atoms with Gasteiger partial charge in [0.05, 0.1) is 11.1 Å². The fourth-order valence-corrected chi connectivity index (χ4v) is 8.15. The van der Waals surface area contributed by atoms with Crippen molar-refractivity contribution in [1.82, 2.24) is 25.8 Å². The summed E-state index contributed by atoms with van der Waals surface area (Å²) in [6.07, 6.45) is 6.13. The average Bonchev–Trinajstić information content (AvgIpc) is 3.43. The Kier molecular flexibility index (Phi) is 6.98. The number of rotatable bonds is 8. The van der Waals surface area contributed by atoms with Gasteiger partial charge in [0, 0.05) is 41.0 Å². The first-order valence-electron chi connectivity index (χ1n) is 14.7. The molecule has 3 aliphatic carbocycles. The summed E-state index contributed by atoms with van der Waals surface area (Å²) in [5, 5.41) is 21.1. The highest BCUT2D eigenvalue weighted by atomic mass is 35.5. The fraction of sp³-hybridized carbons (Fsp3) is 0.533. The molecule has 0 spiro atoms. The first kappa shape index (κ1) is 27.7. The van der Waals surface area contributed by atoms with Gasteiger partial charge >= 0.3 is 0 Å². The Hall–Kier alpha value is -3.08. The van der Waals surface area contributed by atoms with Crippen molar-refractivity contribution in [2.24, 2.45) is 29.6 Å². The lowest BCUT2D eigenvalue weighted by Crippen LogP contribution is -2.57. The van der Waals surface area contributed by atoms with Crippen LogP contribution >= 0.6 is 23.2 Å². The smallest absolute Gasteiger partial charge is 0.271 e. The van der Waals surface area contributed by atoms with Gasteiger partial charge in [-0.1, -0.05) is 35.4 Å². The molecule has 4 fully saturated rings. The van der Waals surface area contributed by atoms with E-state index < -0.39 is 35.9 Å². The summed E-state index contributed by atoms with van der Waals surface area (Å²) in [6, 6.07) is 3.24. The van der Waals surface area contributed by atoms with Gasteiger partial charge in [-0.2, -0.15) is 0 Å². The summed E-state index contributed by atoms with van der Waals surface area (Å²) in [6.45, 7) is 0.926. The summed E-state index contributed by atoms with van der Waals surface area (Å²) in [4.78, 5) is 58.2. The number of fused-ring (bicyclic) bond motifs is 6. The number of halogens is 2. The third kappa shape index (κ3) is 4.87. The van der Waals surface area contributed by atoms with Gasteiger partial charge in [0.1, 0.15) is 11.7 Å². The topological polar surface area (TPSA) is 144 Å². The molecule has 1 aromatic heterocycles. The van der Waals surface area contributed by atoms with E-state index in [0.717, 1.165) is 19.3 Å². The molecule has 8 atom stereocenters. The highest BCUT2D eigenvalue weighted by Gasteiger charge is 2.58. The number of carbonyl (C=O) groups excluding carboxylic acids is 4. The molecule has 2 aromatic rings. The fourth-order valence-electron chi connectivity index (χ4n) is 7.60. The van der Waals surface area contributed by atoms with E-state index in [4.69, 9.17) is 23.2 Å². The molecule has 5 N–H and O–H groups in total. The second-order valence-corrected chi connectivity index (χ2v) is 13.3. The number of aliphatic hydroxyl groups excluding tert-OH is 1. The van der Waals surface area contributed by atoms with Crippen molar-refractivity contribution in [3.05, 3.63) is 46.1 Å². The van der Waals surface area contributed by atoms with E-state index in [1.807, 2.05) is 0 Å². The number of hydrogen-bond acceptors (Lipinski definition) is 5. The molecule has 0 radical (unpaired) electrons. The molecule has 222 valence electrons. The molecule has 42 heavy (non-hydrogen) atoms. The van der Waals surface area contributed by atoms with Crippen LogP contribution in [0.3, 0.4) is 0 Å². The number of nitrogens with zero attached hydrogens (tertiary/aromatic N) is 1. The number of hydrogen-bond donors (Lipinski definition) is 5. The second-order valence-electron chi connectivity index (χ2n) is 12.5. The van der Waals surface area contributed by atoms with E-state index in [9.17, 15) is 24.3 Å². The van der Waals surface area contributed by atoms with E-state index in [-0.39, 0.29) is 47.9 Å². The highest BCUT2D eigenvalue weighted by molar-refractivity contribution is 6.38. The molecule has 10 nitrogen and oxygen atoms in total. The van der Waals surface area contributed by atoms with Gasteiger partial charge < -0.3 is 30.9 Å². The van der Waals surface area contributed by atoms with Gasteiger partial charge in [-0.05, 0) is 74.0 Å². The number of amides is 4. The number of allylic oxidation sites excluding steroid dienone is 2. The van der Waals surface area contributed by atoms with Crippen molar-refractivity contribution >= 4 is 57.7 Å². The minimum Gasteiger partial charge on any atom is -0.381 e. The molecular weight excluding hydrogens is 581 g/mol. The van der Waals surface area contributed by atoms with Gasteiger partial charge in [-0.15, -0.1) is 0 Å². The van der Waals surface area contributed by atoms with E-state index >= 15 is 0 Å². The number of aliphatic hydroxyl groups is 1. The zero-order valence-corrected chi connectivity index (χ0v) is 24.3. The Morgan fingerprint density at radius 2 is 1.88 bits per heavy atom. The van der Waals surface area contributed by atoms with Crippen LogP contribution in [0.2, 0.25) is 10.0 Å². The van der Waals surface area contributed by atoms with Gasteiger partial charge in [0.25, 0.3) is 11.8 Å². The van der Waals surface area contributed by atoms with Gasteiger partial charge in [0.2, 0.25) is 11.8 Å². The lowest BCUT2D eigenvalue weighted by molar-refractivity contribution is -0.135. The number of likely N-dealkylation sites (tertiary alicyclic amines) is 1. The summed E-state index contributed by atoms with van der Waals surface area (Å²) in [5.41, 5.74) is 0.924. The summed E-state index contributed by atoms with van der Waals surface area (Å²) >= 11 is 12.6. The molecule has 2 aliphatic heterocycles. The van der Waals surface area contributed by atoms with Crippen LogP contribution in [0.5, 0.6) is 0 Å². The first-order valence-corrected chi connectivity index (χ1v) is 15.5. The zero-order valence-electron chi connectivity index (χ0n) is 22.8. The molecule has 12 heteroatoms. The monoisotopic (exact) mass is 613 g/mol. The predicted molar refractivity (Wildman–Crippen MR) is 156 cm³/mol. The first-order chi connectivity index (χ1) is 20.2. The molecule has 2 saturated carbocycles. The van der Waals surface area contributed by atoms with E-state index in [1.54, 1.807) is 23.1 Å². The highest BCUT2D eigenvalue weighted by Crippen LogP contribution is 2.54. The van der Waals surface area contributed by atoms with Crippen LogP contribution in [0.15, 0.2) is 30.4 Å². The molecule has 1 aromatic carbocycles. The maximum atomic E-state index is 14.2. The second kappa shape index (κ2) is 10.6. The number of carbonyl (C=O) groups is 4. The minimum atomic E-state index is -1.52. The van der Waals surface area contributed by atoms with Crippen molar-refractivity contribution in [2.75, 3.05) is 13.1 Å². The van der Waals surface area contributed by atoms with Crippen molar-refractivity contribution in [3.8, 4) is 0 Å². The number of nitrogens with one attached hydrogen (secondary N) is 4. The van der Waals surface area contributed by atoms with Crippen LogP contribution in [-0.4, -0.2) is 75.9 Å². The zero-order chi connectivity index (χ0) is 29.3. The molecule has 4 amide bonds. The SMILES string of the molecule is O=C(NC1CC1)C(O)[C@H](C[C@@H]1CCNC1=O)NC(=O)C1C2C3C=CC(C3)C2CN1C(=O)c1cc2c(Cl)cc(Cl)cc2[nH]1. The Labute approximate surface area is 252 Å². The van der Waals surface area contributed by atoms with Crippen LogP contribution in [0, 0.1) is 29.6 Å². The number of benzene rings is 1. The number of aromatic amines is 1. The molecule has 2 saturated heterocycles. The molecule has 7 rings (SSSR count). The van der Waals surface area contributed by atoms with Crippen LogP contribution in [-0.2, 0) is 14.4 Å². The lowest BCUT2D eigenvalue weighted by Gasteiger charge is -2.32. The summed E-state index contributed by atoms with van der Waals surface area (Å²) in [5.74, 6) is -1.40. The third-order valence-corrected chi connectivity index (χ3v) is 10.3. The lowest BCUT2D eigenvalue weighted by atomic mass is 9.81. The quantitative estimate of drug-likeness (QED) is 0.290. The maximum absolute atomic E-state index is 14.2. The van der Waals surface area contributed by atoms with Crippen molar-refractivity contribution in [1.29, 1.82) is 0 Å². The Morgan fingerprint density at radius 1 is 1.10 bits per heavy atom. The Morgan fingerprint density at radius 3 is 2.62 bits per heavy atom. The maximum Gasteiger partial charge on any atom is 0.271 e. The van der Waals surface area contributed by atoms with Crippen LogP contribution in [0.25, 0.3) is 10.9 Å². The molecule has 5 aliphatic rings. The van der Waals surface area contributed by atoms with Crippen LogP contribution < -0.4 is 16.0 Å². The molecule has 3 heterocycles. The Balaban J connectivity index is 1.17. The van der Waals surface area contributed by atoms with Gasteiger partial charge in [-0.3, -0.25) is 19.2 Å². The minimum absolute atomic E-state index is 0.0301. The predicted octanol–water partition coefficient (Wildman–Crippen LogP) is 2.39. The summed E-state index contributed by atoms with van der Waals surface area (Å²) < 4.78 is 0. The third-order valence-electron chi connectivity index (χ3n) is 9.81. The van der Waals surface area contributed by atoms with Crippen molar-refractivity contribution < 1.29 is 24.3 Å². The average molecular weight is 615 g/mol. The number of aromatic nitrogens is 1. The molecule has 2 bridgehead atoms. The van der Waals surface area contributed by atoms with Crippen molar-refractivity contribution in [3.63, 3.8) is 0 Å². The summed E-state index contributed by atoms with van der Waals surface area (Å²) in [7, 11) is 0. The van der Waals surface area contributed by atoms with Crippen LogP contribution in [0.1, 0.15) is 42.6 Å². The van der Waals surface area contributed by atoms with Crippen molar-refractivity contribution in [2.45, 2.75) is 56.3 Å². The normalized spacial score (nSPS) is 30.8. The largest absolute Gasteiger partial charge is 0.381 e. The Bertz CT molecular complexity index is 1500. The van der Waals surface area contributed by atoms with E-state index in [1.165, 1.54) is 0 Å².